The molecule has 8 nitrogen and oxygen atoms in total. The van der Waals surface area contributed by atoms with Gasteiger partial charge in [0.25, 0.3) is 0 Å². The molecular weight excluding hydrogens is 571 g/mol. The molecule has 11 heteroatoms. The zero-order valence-electron chi connectivity index (χ0n) is 20.0. The Morgan fingerprint density at radius 2 is 1.97 bits per heavy atom. The molecule has 190 valence electrons. The summed E-state index contributed by atoms with van der Waals surface area (Å²) in [6.07, 6.45) is 2.16. The fraction of sp³-hybridized carbons (Fsp3) is 0.320. The number of hydrogen-bond donors (Lipinski definition) is 1. The Morgan fingerprint density at radius 1 is 1.17 bits per heavy atom. The average Bonchev–Trinajstić information content (AvgIpc) is 3.31. The molecule has 2 heterocycles. The van der Waals surface area contributed by atoms with Crippen LogP contribution in [0.5, 0.6) is 11.5 Å². The molecule has 0 fully saturated rings. The van der Waals surface area contributed by atoms with Crippen LogP contribution in [0.3, 0.4) is 0 Å². The van der Waals surface area contributed by atoms with Crippen molar-refractivity contribution < 1.29 is 19.0 Å². The number of rotatable bonds is 9. The summed E-state index contributed by atoms with van der Waals surface area (Å²) in [6.45, 7) is 6.65. The highest BCUT2D eigenvalue weighted by Crippen LogP contribution is 2.43. The summed E-state index contributed by atoms with van der Waals surface area (Å²) >= 11 is 15.8. The molecule has 1 aromatic heterocycles. The van der Waals surface area contributed by atoms with E-state index in [4.69, 9.17) is 37.4 Å². The van der Waals surface area contributed by atoms with Crippen LogP contribution >= 0.6 is 39.1 Å². The van der Waals surface area contributed by atoms with Crippen molar-refractivity contribution in [3.05, 3.63) is 73.6 Å². The lowest BCUT2D eigenvalue weighted by Crippen LogP contribution is -2.30. The summed E-state index contributed by atoms with van der Waals surface area (Å²) < 4.78 is 19.9. The van der Waals surface area contributed by atoms with Gasteiger partial charge in [0.15, 0.2) is 11.5 Å². The lowest BCUT2D eigenvalue weighted by atomic mass is 9.95. The molecule has 1 unspecified atom stereocenters. The fourth-order valence-corrected chi connectivity index (χ4v) is 4.76. The van der Waals surface area contributed by atoms with Gasteiger partial charge in [0, 0.05) is 5.70 Å². The second-order valence-corrected chi connectivity index (χ2v) is 9.70. The largest absolute Gasteiger partial charge is 0.490 e. The van der Waals surface area contributed by atoms with E-state index in [9.17, 15) is 4.79 Å². The Kier molecular flexibility index (Phi) is 8.43. The number of nitrogens with one attached hydrogen (secondary N) is 1. The molecule has 2 aromatic carbocycles. The summed E-state index contributed by atoms with van der Waals surface area (Å²) in [5, 5.41) is 8.45. The van der Waals surface area contributed by atoms with Crippen molar-refractivity contribution in [2.24, 2.45) is 0 Å². The van der Waals surface area contributed by atoms with Crippen molar-refractivity contribution in [1.82, 2.24) is 14.8 Å². The van der Waals surface area contributed by atoms with Crippen molar-refractivity contribution in [3.8, 4) is 11.5 Å². The molecule has 0 radical (unpaired) electrons. The number of carbonyl (C=O) groups is 1. The first-order valence-electron chi connectivity index (χ1n) is 11.4. The zero-order valence-corrected chi connectivity index (χ0v) is 23.1. The second kappa shape index (κ2) is 11.5. The van der Waals surface area contributed by atoms with Crippen LogP contribution in [0.1, 0.15) is 44.4 Å². The number of hydrogen-bond acceptors (Lipinski definition) is 7. The van der Waals surface area contributed by atoms with E-state index in [0.717, 1.165) is 17.5 Å². The first-order valence-corrected chi connectivity index (χ1v) is 13.0. The van der Waals surface area contributed by atoms with E-state index in [1.807, 2.05) is 39.0 Å². The van der Waals surface area contributed by atoms with Crippen LogP contribution in [-0.4, -0.2) is 33.9 Å². The monoisotopic (exact) mass is 594 g/mol. The first-order chi connectivity index (χ1) is 17.3. The quantitative estimate of drug-likeness (QED) is 0.280. The highest BCUT2D eigenvalue weighted by atomic mass is 79.9. The Bertz CT molecular complexity index is 1310. The predicted octanol–water partition coefficient (Wildman–Crippen LogP) is 6.57. The minimum atomic E-state index is -0.576. The van der Waals surface area contributed by atoms with Crippen molar-refractivity contribution in [2.75, 3.05) is 18.5 Å². The summed E-state index contributed by atoms with van der Waals surface area (Å²) in [4.78, 5) is 17.4. The lowest BCUT2D eigenvalue weighted by Gasteiger charge is -2.29. The van der Waals surface area contributed by atoms with Gasteiger partial charge in [-0.05, 0) is 71.6 Å². The third kappa shape index (κ3) is 5.48. The molecule has 0 amide bonds. The van der Waals surface area contributed by atoms with Gasteiger partial charge in [-0.25, -0.2) is 9.48 Å². The maximum atomic E-state index is 13.1. The van der Waals surface area contributed by atoms with Crippen molar-refractivity contribution in [1.29, 1.82) is 0 Å². The highest BCUT2D eigenvalue weighted by Gasteiger charge is 2.35. The van der Waals surface area contributed by atoms with E-state index in [0.29, 0.717) is 56.4 Å². The standard InChI is InChI=1S/C25H25BrCl2N4O4/c1-4-8-35-24(33)21-14(3)31-25-29-13-30-32(25)22(21)16-10-17(26)23(20(11-16)34-5-2)36-12-15-6-7-18(27)19(28)9-15/h6-7,9-11,13,22H,4-5,8,12H2,1-3H3,(H,29,30,31). The van der Waals surface area contributed by atoms with Gasteiger partial charge in [0.1, 0.15) is 19.0 Å². The van der Waals surface area contributed by atoms with Crippen molar-refractivity contribution >= 4 is 51.0 Å². The average molecular weight is 596 g/mol. The maximum absolute atomic E-state index is 13.1. The van der Waals surface area contributed by atoms with Gasteiger partial charge < -0.3 is 19.5 Å². The normalized spacial score (nSPS) is 14.8. The van der Waals surface area contributed by atoms with Gasteiger partial charge in [0.2, 0.25) is 5.95 Å². The van der Waals surface area contributed by atoms with Gasteiger partial charge >= 0.3 is 5.97 Å². The second-order valence-electron chi connectivity index (χ2n) is 8.03. The number of aromatic nitrogens is 3. The molecule has 0 saturated carbocycles. The van der Waals surface area contributed by atoms with Crippen LogP contribution in [0.15, 0.2) is 52.4 Å². The van der Waals surface area contributed by atoms with Gasteiger partial charge in [-0.1, -0.05) is 36.2 Å². The molecule has 0 bridgehead atoms. The third-order valence-corrected chi connectivity index (χ3v) is 6.79. The minimum Gasteiger partial charge on any atom is -0.490 e. The number of fused-ring (bicyclic) bond motifs is 1. The predicted molar refractivity (Wildman–Crippen MR) is 142 cm³/mol. The van der Waals surface area contributed by atoms with Gasteiger partial charge in [-0.15, -0.1) is 0 Å². The molecule has 36 heavy (non-hydrogen) atoms. The number of allylic oxidation sites excluding steroid dienone is 1. The third-order valence-electron chi connectivity index (χ3n) is 5.47. The maximum Gasteiger partial charge on any atom is 0.338 e. The molecule has 0 aliphatic carbocycles. The van der Waals surface area contributed by atoms with E-state index in [1.165, 1.54) is 6.33 Å². The van der Waals surface area contributed by atoms with Gasteiger partial charge in [-0.3, -0.25) is 0 Å². The molecule has 1 N–H and O–H groups in total. The van der Waals surface area contributed by atoms with Crippen LogP contribution in [0.25, 0.3) is 0 Å². The van der Waals surface area contributed by atoms with E-state index in [-0.39, 0.29) is 6.61 Å². The van der Waals surface area contributed by atoms with Gasteiger partial charge in [0.05, 0.1) is 33.3 Å². The SMILES string of the molecule is CCCOC(=O)C1=C(C)Nc2ncnn2C1c1cc(Br)c(OCc2ccc(Cl)c(Cl)c2)c(OCC)c1. The Balaban J connectivity index is 1.73. The van der Waals surface area contributed by atoms with E-state index in [1.54, 1.807) is 16.8 Å². The lowest BCUT2D eigenvalue weighted by molar-refractivity contribution is -0.139. The Hall–Kier alpha value is -2.75. The summed E-state index contributed by atoms with van der Waals surface area (Å²) in [6, 6.07) is 8.49. The minimum absolute atomic E-state index is 0.253. The topological polar surface area (TPSA) is 87.5 Å². The van der Waals surface area contributed by atoms with Gasteiger partial charge in [-0.2, -0.15) is 10.1 Å². The fourth-order valence-electron chi connectivity index (χ4n) is 3.87. The molecule has 4 rings (SSSR count). The summed E-state index contributed by atoms with van der Waals surface area (Å²) in [7, 11) is 0. The molecular formula is C25H25BrCl2N4O4. The molecule has 0 saturated heterocycles. The Morgan fingerprint density at radius 3 is 2.69 bits per heavy atom. The highest BCUT2D eigenvalue weighted by molar-refractivity contribution is 9.10. The molecule has 0 spiro atoms. The smallest absolute Gasteiger partial charge is 0.338 e. The number of nitrogens with zero attached hydrogens (tertiary/aromatic N) is 3. The molecule has 1 atom stereocenters. The summed E-state index contributed by atoms with van der Waals surface area (Å²) in [5.41, 5.74) is 2.70. The molecule has 1 aliphatic rings. The number of ether oxygens (including phenoxy) is 3. The van der Waals surface area contributed by atoms with Crippen LogP contribution in [0, 0.1) is 0 Å². The number of anilines is 1. The molecule has 1 aliphatic heterocycles. The zero-order chi connectivity index (χ0) is 25.8. The van der Waals surface area contributed by atoms with E-state index >= 15 is 0 Å². The van der Waals surface area contributed by atoms with E-state index in [2.05, 4.69) is 31.3 Å². The van der Waals surface area contributed by atoms with Crippen LogP contribution in [0.4, 0.5) is 5.95 Å². The summed E-state index contributed by atoms with van der Waals surface area (Å²) in [5.74, 6) is 1.15. The van der Waals surface area contributed by atoms with Crippen LogP contribution in [-0.2, 0) is 16.1 Å². The Labute approximate surface area is 227 Å². The first kappa shape index (κ1) is 26.3. The van der Waals surface area contributed by atoms with Crippen LogP contribution in [0.2, 0.25) is 10.0 Å². The number of esters is 1. The number of halogens is 3. The molecule has 3 aromatic rings. The van der Waals surface area contributed by atoms with Crippen molar-refractivity contribution in [3.63, 3.8) is 0 Å². The van der Waals surface area contributed by atoms with Crippen LogP contribution < -0.4 is 14.8 Å². The van der Waals surface area contributed by atoms with Crippen molar-refractivity contribution in [2.45, 2.75) is 39.8 Å². The number of carbonyl (C=O) groups excluding carboxylic acids is 1. The van der Waals surface area contributed by atoms with E-state index < -0.39 is 12.0 Å². The number of benzene rings is 2.